The van der Waals surface area contributed by atoms with Crippen LogP contribution in [-0.2, 0) is 17.9 Å². The Kier molecular flexibility index (Phi) is 8.70. The number of hydrogen-bond acceptors (Lipinski definition) is 7. The Hall–Kier alpha value is -3.30. The van der Waals surface area contributed by atoms with Crippen LogP contribution >= 0.6 is 11.3 Å². The Balaban J connectivity index is 1.53. The van der Waals surface area contributed by atoms with E-state index in [9.17, 15) is 9.59 Å². The first-order chi connectivity index (χ1) is 15.6. The normalized spacial score (nSPS) is 10.6. The lowest BCUT2D eigenvalue weighted by molar-refractivity contribution is 0.0949. The summed E-state index contributed by atoms with van der Waals surface area (Å²) < 4.78 is 10.6. The molecular formula is C23H26N4O4S. The van der Waals surface area contributed by atoms with Gasteiger partial charge in [-0.05, 0) is 42.3 Å². The van der Waals surface area contributed by atoms with Gasteiger partial charge in [-0.1, -0.05) is 42.9 Å². The summed E-state index contributed by atoms with van der Waals surface area (Å²) in [7, 11) is 1.55. The molecule has 1 heterocycles. The number of carbonyl (C=O) groups is 2. The smallest absolute Gasteiger partial charge is 0.286 e. The molecule has 8 nitrogen and oxygen atoms in total. The number of aromatic nitrogens is 2. The van der Waals surface area contributed by atoms with Crippen LogP contribution in [0.1, 0.15) is 50.5 Å². The number of ether oxygens (including phenoxy) is 2. The summed E-state index contributed by atoms with van der Waals surface area (Å²) in [5.74, 6) is 0.202. The van der Waals surface area contributed by atoms with Gasteiger partial charge in [-0.15, -0.1) is 10.2 Å². The van der Waals surface area contributed by atoms with Crippen LogP contribution in [0.5, 0.6) is 5.75 Å². The Morgan fingerprint density at radius 3 is 2.62 bits per heavy atom. The molecule has 0 atom stereocenters. The summed E-state index contributed by atoms with van der Waals surface area (Å²) in [6.07, 6.45) is 2.11. The van der Waals surface area contributed by atoms with Gasteiger partial charge in [0.25, 0.3) is 11.8 Å². The van der Waals surface area contributed by atoms with Crippen molar-refractivity contribution in [1.29, 1.82) is 0 Å². The highest BCUT2D eigenvalue weighted by Crippen LogP contribution is 2.16. The zero-order valence-electron chi connectivity index (χ0n) is 18.1. The third-order valence-electron chi connectivity index (χ3n) is 4.45. The first kappa shape index (κ1) is 23.4. The third kappa shape index (κ3) is 6.86. The summed E-state index contributed by atoms with van der Waals surface area (Å²) in [5, 5.41) is 14.3. The number of nitrogens with zero attached hydrogens (tertiary/aromatic N) is 2. The molecule has 3 rings (SSSR count). The summed E-state index contributed by atoms with van der Waals surface area (Å²) >= 11 is 1.16. The van der Waals surface area contributed by atoms with E-state index in [1.807, 2.05) is 24.3 Å². The van der Waals surface area contributed by atoms with Crippen LogP contribution in [-0.4, -0.2) is 35.7 Å². The van der Waals surface area contributed by atoms with Gasteiger partial charge in [-0.3, -0.25) is 9.59 Å². The van der Waals surface area contributed by atoms with Gasteiger partial charge in [-0.25, -0.2) is 0 Å². The molecule has 1 aromatic heterocycles. The van der Waals surface area contributed by atoms with Crippen molar-refractivity contribution >= 4 is 28.8 Å². The Morgan fingerprint density at radius 2 is 1.88 bits per heavy atom. The van der Waals surface area contributed by atoms with Crippen molar-refractivity contribution in [2.45, 2.75) is 32.9 Å². The van der Waals surface area contributed by atoms with Crippen LogP contribution in [0.3, 0.4) is 0 Å². The lowest BCUT2D eigenvalue weighted by Gasteiger charge is -2.09. The predicted octanol–water partition coefficient (Wildman–Crippen LogP) is 4.05. The fourth-order valence-corrected chi connectivity index (χ4v) is 3.48. The number of benzene rings is 2. The largest absolute Gasteiger partial charge is 0.494 e. The van der Waals surface area contributed by atoms with Crippen molar-refractivity contribution < 1.29 is 19.1 Å². The number of nitrogens with one attached hydrogen (secondary N) is 2. The molecule has 3 aromatic rings. The predicted molar refractivity (Wildman–Crippen MR) is 123 cm³/mol. The quantitative estimate of drug-likeness (QED) is 0.424. The standard InChI is InChI=1S/C23H26N4O4S/c1-3-4-12-31-19-10-8-16(9-11-19)14-24-21(28)17-6-5-7-18(13-17)25-22(29)23-27-26-20(32-23)15-30-2/h5-11,13H,3-4,12,14-15H2,1-2H3,(H,24,28)(H,25,29). The minimum Gasteiger partial charge on any atom is -0.494 e. The second-order valence-corrected chi connectivity index (χ2v) is 8.06. The molecule has 0 bridgehead atoms. The number of unbranched alkanes of at least 4 members (excludes halogenated alkanes) is 1. The van der Waals surface area contributed by atoms with Gasteiger partial charge in [-0.2, -0.15) is 0 Å². The van der Waals surface area contributed by atoms with Gasteiger partial charge >= 0.3 is 0 Å². The van der Waals surface area contributed by atoms with E-state index in [1.54, 1.807) is 31.4 Å². The van der Waals surface area contributed by atoms with Crippen LogP contribution in [0.2, 0.25) is 0 Å². The topological polar surface area (TPSA) is 102 Å². The van der Waals surface area contributed by atoms with E-state index in [1.165, 1.54) is 0 Å². The molecule has 168 valence electrons. The number of hydrogen-bond donors (Lipinski definition) is 2. The van der Waals surface area contributed by atoms with Crippen molar-refractivity contribution in [3.8, 4) is 5.75 Å². The second-order valence-electron chi connectivity index (χ2n) is 7.00. The molecule has 32 heavy (non-hydrogen) atoms. The fraction of sp³-hybridized carbons (Fsp3) is 0.304. The van der Waals surface area contributed by atoms with Crippen molar-refractivity contribution in [3.05, 3.63) is 69.7 Å². The van der Waals surface area contributed by atoms with E-state index in [-0.39, 0.29) is 16.8 Å². The number of methoxy groups -OCH3 is 1. The van der Waals surface area contributed by atoms with Gasteiger partial charge < -0.3 is 20.1 Å². The average molecular weight is 455 g/mol. The highest BCUT2D eigenvalue weighted by Gasteiger charge is 2.14. The second kappa shape index (κ2) is 11.9. The molecule has 0 radical (unpaired) electrons. The zero-order chi connectivity index (χ0) is 22.8. The molecule has 9 heteroatoms. The number of amides is 2. The van der Waals surface area contributed by atoms with Crippen molar-refractivity contribution in [1.82, 2.24) is 15.5 Å². The summed E-state index contributed by atoms with van der Waals surface area (Å²) in [5.41, 5.74) is 1.91. The Bertz CT molecular complexity index is 1040. The maximum atomic E-state index is 12.6. The van der Waals surface area contributed by atoms with E-state index in [0.717, 1.165) is 35.5 Å². The SMILES string of the molecule is CCCCOc1ccc(CNC(=O)c2cccc(NC(=O)c3nnc(COC)s3)c2)cc1. The lowest BCUT2D eigenvalue weighted by atomic mass is 10.1. The molecule has 0 saturated heterocycles. The van der Waals surface area contributed by atoms with Crippen LogP contribution in [0, 0.1) is 0 Å². The number of anilines is 1. The number of rotatable bonds is 11. The van der Waals surface area contributed by atoms with Gasteiger partial charge in [0, 0.05) is 24.9 Å². The van der Waals surface area contributed by atoms with Crippen LogP contribution in [0.15, 0.2) is 48.5 Å². The minimum atomic E-state index is -0.386. The number of carbonyl (C=O) groups excluding carboxylic acids is 2. The van der Waals surface area contributed by atoms with Crippen LogP contribution in [0.25, 0.3) is 0 Å². The first-order valence-corrected chi connectivity index (χ1v) is 11.1. The monoisotopic (exact) mass is 454 g/mol. The molecule has 2 amide bonds. The van der Waals surface area contributed by atoms with Gasteiger partial charge in [0.2, 0.25) is 5.01 Å². The highest BCUT2D eigenvalue weighted by atomic mass is 32.1. The molecule has 0 spiro atoms. The van der Waals surface area contributed by atoms with E-state index >= 15 is 0 Å². The molecule has 2 N–H and O–H groups in total. The van der Waals surface area contributed by atoms with Crippen molar-refractivity contribution in [3.63, 3.8) is 0 Å². The van der Waals surface area contributed by atoms with Gasteiger partial charge in [0.1, 0.15) is 10.8 Å². The zero-order valence-corrected chi connectivity index (χ0v) is 18.9. The maximum absolute atomic E-state index is 12.6. The highest BCUT2D eigenvalue weighted by molar-refractivity contribution is 7.13. The summed E-state index contributed by atoms with van der Waals surface area (Å²) in [4.78, 5) is 24.9. The Morgan fingerprint density at radius 1 is 1.06 bits per heavy atom. The summed E-state index contributed by atoms with van der Waals surface area (Å²) in [6.45, 7) is 3.51. The maximum Gasteiger partial charge on any atom is 0.286 e. The van der Waals surface area contributed by atoms with Crippen molar-refractivity contribution in [2.75, 3.05) is 19.0 Å². The fourth-order valence-electron chi connectivity index (χ4n) is 2.77. The molecule has 2 aromatic carbocycles. The molecule has 0 aliphatic heterocycles. The van der Waals surface area contributed by atoms with Crippen LogP contribution < -0.4 is 15.4 Å². The molecule has 0 aliphatic rings. The Labute approximate surface area is 191 Å². The molecule has 0 aliphatic carbocycles. The minimum absolute atomic E-state index is 0.231. The van der Waals surface area contributed by atoms with E-state index < -0.39 is 0 Å². The van der Waals surface area contributed by atoms with Crippen molar-refractivity contribution in [2.24, 2.45) is 0 Å². The molecule has 0 saturated carbocycles. The average Bonchev–Trinajstić information content (AvgIpc) is 3.28. The lowest BCUT2D eigenvalue weighted by Crippen LogP contribution is -2.23. The van der Waals surface area contributed by atoms with Crippen LogP contribution in [0.4, 0.5) is 5.69 Å². The van der Waals surface area contributed by atoms with E-state index in [2.05, 4.69) is 27.8 Å². The summed E-state index contributed by atoms with van der Waals surface area (Å²) in [6, 6.07) is 14.4. The van der Waals surface area contributed by atoms with E-state index in [0.29, 0.717) is 36.0 Å². The molecule has 0 unspecified atom stereocenters. The molecular weight excluding hydrogens is 428 g/mol. The van der Waals surface area contributed by atoms with Gasteiger partial charge in [0.05, 0.1) is 13.2 Å². The third-order valence-corrected chi connectivity index (χ3v) is 5.35. The van der Waals surface area contributed by atoms with Gasteiger partial charge in [0.15, 0.2) is 0 Å². The first-order valence-electron chi connectivity index (χ1n) is 10.3. The van der Waals surface area contributed by atoms with E-state index in [4.69, 9.17) is 9.47 Å². The molecule has 0 fully saturated rings.